The van der Waals surface area contributed by atoms with Gasteiger partial charge in [-0.2, -0.15) is 17.6 Å². The van der Waals surface area contributed by atoms with Crippen LogP contribution in [0.25, 0.3) is 0 Å². The second-order valence-corrected chi connectivity index (χ2v) is 8.72. The SMILES string of the molecule is Cc1c(F)cc(OC(F)(F)c2ccc(OCOc3ccc(C(F)(F)Oc4cc(F)c(C)c(F)c4)cc3)cc2)cc1F. The van der Waals surface area contributed by atoms with Crippen molar-refractivity contribution in [3.63, 3.8) is 0 Å². The minimum atomic E-state index is -3.92. The van der Waals surface area contributed by atoms with E-state index in [-0.39, 0.29) is 22.6 Å². The summed E-state index contributed by atoms with van der Waals surface area (Å²) in [6.45, 7) is 1.88. The van der Waals surface area contributed by atoms with Gasteiger partial charge in [0.2, 0.25) is 6.79 Å². The van der Waals surface area contributed by atoms with Crippen LogP contribution in [0.2, 0.25) is 0 Å². The Hall–Kier alpha value is -4.48. The summed E-state index contributed by atoms with van der Waals surface area (Å²) < 4.78 is 132. The van der Waals surface area contributed by atoms with Crippen LogP contribution in [0.4, 0.5) is 35.1 Å². The van der Waals surface area contributed by atoms with Gasteiger partial charge >= 0.3 is 12.2 Å². The van der Waals surface area contributed by atoms with Gasteiger partial charge in [0.05, 0.1) is 11.1 Å². The summed E-state index contributed by atoms with van der Waals surface area (Å²) in [6, 6.07) is 11.2. The Kier molecular flexibility index (Phi) is 8.32. The van der Waals surface area contributed by atoms with Crippen LogP contribution < -0.4 is 18.9 Å². The van der Waals surface area contributed by atoms with Gasteiger partial charge in [0, 0.05) is 35.4 Å². The lowest BCUT2D eigenvalue weighted by Crippen LogP contribution is -2.22. The van der Waals surface area contributed by atoms with Gasteiger partial charge in [-0.25, -0.2) is 17.6 Å². The molecule has 0 saturated heterocycles. The fourth-order valence-electron chi connectivity index (χ4n) is 3.43. The molecule has 4 aromatic rings. The normalized spacial score (nSPS) is 11.8. The molecule has 0 aliphatic carbocycles. The summed E-state index contributed by atoms with van der Waals surface area (Å²) in [7, 11) is 0. The fraction of sp³-hybridized carbons (Fsp3) is 0.172. The van der Waals surface area contributed by atoms with E-state index in [2.05, 4.69) is 9.47 Å². The highest BCUT2D eigenvalue weighted by Crippen LogP contribution is 2.35. The van der Waals surface area contributed by atoms with E-state index in [1.807, 2.05) is 0 Å². The van der Waals surface area contributed by atoms with E-state index in [1.165, 1.54) is 24.3 Å². The van der Waals surface area contributed by atoms with Crippen LogP contribution >= 0.6 is 0 Å². The molecule has 0 fully saturated rings. The third-order valence-corrected chi connectivity index (χ3v) is 5.83. The van der Waals surface area contributed by atoms with Gasteiger partial charge in [0.1, 0.15) is 46.3 Å². The zero-order valence-corrected chi connectivity index (χ0v) is 21.3. The minimum Gasteiger partial charge on any atom is -0.458 e. The van der Waals surface area contributed by atoms with Gasteiger partial charge in [-0.3, -0.25) is 0 Å². The maximum atomic E-state index is 14.5. The van der Waals surface area contributed by atoms with Gasteiger partial charge in [-0.05, 0) is 62.4 Å². The fourth-order valence-corrected chi connectivity index (χ4v) is 3.43. The molecular weight excluding hydrogens is 564 g/mol. The van der Waals surface area contributed by atoms with Gasteiger partial charge in [0.25, 0.3) is 0 Å². The van der Waals surface area contributed by atoms with Crippen LogP contribution in [-0.4, -0.2) is 6.79 Å². The molecule has 216 valence electrons. The van der Waals surface area contributed by atoms with Crippen molar-refractivity contribution in [1.82, 2.24) is 0 Å². The Labute approximate surface area is 228 Å². The Bertz CT molecular complexity index is 1360. The van der Waals surface area contributed by atoms with Crippen LogP contribution in [0, 0.1) is 37.1 Å². The van der Waals surface area contributed by atoms with Crippen molar-refractivity contribution in [2.75, 3.05) is 6.79 Å². The molecule has 0 aliphatic heterocycles. The second kappa shape index (κ2) is 11.6. The molecule has 0 spiro atoms. The minimum absolute atomic E-state index is 0.103. The molecule has 12 heteroatoms. The topological polar surface area (TPSA) is 36.9 Å². The van der Waals surface area contributed by atoms with E-state index < -0.39 is 64.9 Å². The molecule has 0 atom stereocenters. The molecule has 0 N–H and O–H groups in total. The molecule has 4 nitrogen and oxygen atoms in total. The first-order chi connectivity index (χ1) is 19.2. The third kappa shape index (κ3) is 7.00. The van der Waals surface area contributed by atoms with Crippen molar-refractivity contribution in [3.8, 4) is 23.0 Å². The summed E-state index contributed by atoms with van der Waals surface area (Å²) in [6.07, 6.45) is -7.84. The molecule has 4 rings (SSSR count). The summed E-state index contributed by atoms with van der Waals surface area (Å²) in [5, 5.41) is 0. The Morgan fingerprint density at radius 1 is 0.488 bits per heavy atom. The lowest BCUT2D eigenvalue weighted by atomic mass is 10.2. The van der Waals surface area contributed by atoms with Crippen LogP contribution in [0.5, 0.6) is 23.0 Å². The average Bonchev–Trinajstić information content (AvgIpc) is 2.90. The van der Waals surface area contributed by atoms with Crippen molar-refractivity contribution in [3.05, 3.63) is 118 Å². The molecule has 0 aliphatic rings. The number of ether oxygens (including phenoxy) is 4. The zero-order valence-electron chi connectivity index (χ0n) is 21.3. The quantitative estimate of drug-likeness (QED) is 0.138. The lowest BCUT2D eigenvalue weighted by molar-refractivity contribution is -0.186. The molecule has 0 saturated carbocycles. The number of rotatable bonds is 10. The maximum absolute atomic E-state index is 14.5. The standard InChI is InChI=1S/C29H20F8O4/c1-16-24(30)11-22(12-25(16)31)40-28(34,35)18-3-7-20(8-4-18)38-15-39-21-9-5-19(6-10-21)29(36,37)41-23-13-26(32)17(2)27(33)14-23/h3-14H,15H2,1-2H3. The third-order valence-electron chi connectivity index (χ3n) is 5.83. The van der Waals surface area contributed by atoms with Gasteiger partial charge in [-0.1, -0.05) is 0 Å². The van der Waals surface area contributed by atoms with Crippen LogP contribution in [0.15, 0.2) is 72.8 Å². The van der Waals surface area contributed by atoms with Crippen LogP contribution in [0.1, 0.15) is 22.3 Å². The molecule has 0 aromatic heterocycles. The molecule has 0 amide bonds. The van der Waals surface area contributed by atoms with E-state index in [0.717, 1.165) is 38.1 Å². The first kappa shape index (κ1) is 29.5. The summed E-state index contributed by atoms with van der Waals surface area (Å²) >= 11 is 0. The Balaban J connectivity index is 1.32. The number of alkyl halides is 4. The zero-order chi connectivity index (χ0) is 29.9. The highest BCUT2D eigenvalue weighted by Gasteiger charge is 2.36. The van der Waals surface area contributed by atoms with E-state index in [0.29, 0.717) is 24.3 Å². The van der Waals surface area contributed by atoms with Crippen molar-refractivity contribution < 1.29 is 54.1 Å². The van der Waals surface area contributed by atoms with Crippen molar-refractivity contribution in [2.24, 2.45) is 0 Å². The largest absolute Gasteiger partial charge is 0.458 e. The molecule has 41 heavy (non-hydrogen) atoms. The number of hydrogen-bond acceptors (Lipinski definition) is 4. The van der Waals surface area contributed by atoms with Crippen molar-refractivity contribution in [1.29, 1.82) is 0 Å². The van der Waals surface area contributed by atoms with Crippen LogP contribution in [0.3, 0.4) is 0 Å². The molecule has 0 unspecified atom stereocenters. The molecule has 0 heterocycles. The smallest absolute Gasteiger partial charge is 0.426 e. The van der Waals surface area contributed by atoms with Crippen molar-refractivity contribution in [2.45, 2.75) is 26.1 Å². The number of halogens is 8. The predicted molar refractivity (Wildman–Crippen MR) is 130 cm³/mol. The molecule has 0 radical (unpaired) electrons. The monoisotopic (exact) mass is 584 g/mol. The lowest BCUT2D eigenvalue weighted by Gasteiger charge is -2.19. The molecular formula is C29H20F8O4. The van der Waals surface area contributed by atoms with Gasteiger partial charge in [-0.15, -0.1) is 0 Å². The first-order valence-corrected chi connectivity index (χ1v) is 11.8. The van der Waals surface area contributed by atoms with E-state index in [9.17, 15) is 35.1 Å². The summed E-state index contributed by atoms with van der Waals surface area (Å²) in [5.41, 5.74) is -1.91. The molecule has 4 aromatic carbocycles. The van der Waals surface area contributed by atoms with E-state index in [1.54, 1.807) is 0 Å². The highest BCUT2D eigenvalue weighted by atomic mass is 19.3. The van der Waals surface area contributed by atoms with E-state index >= 15 is 0 Å². The van der Waals surface area contributed by atoms with Gasteiger partial charge in [0.15, 0.2) is 0 Å². The molecule has 0 bridgehead atoms. The highest BCUT2D eigenvalue weighted by molar-refractivity contribution is 5.34. The van der Waals surface area contributed by atoms with Crippen LogP contribution in [-0.2, 0) is 12.2 Å². The average molecular weight is 584 g/mol. The second-order valence-electron chi connectivity index (χ2n) is 8.72. The summed E-state index contributed by atoms with van der Waals surface area (Å²) in [4.78, 5) is 0. The number of benzene rings is 4. The van der Waals surface area contributed by atoms with Crippen molar-refractivity contribution >= 4 is 0 Å². The number of hydrogen-bond donors (Lipinski definition) is 0. The maximum Gasteiger partial charge on any atom is 0.426 e. The summed E-state index contributed by atoms with van der Waals surface area (Å²) in [5.74, 6) is -5.33. The Morgan fingerprint density at radius 2 is 0.780 bits per heavy atom. The Morgan fingerprint density at radius 3 is 1.07 bits per heavy atom. The first-order valence-electron chi connectivity index (χ1n) is 11.8. The van der Waals surface area contributed by atoms with Gasteiger partial charge < -0.3 is 18.9 Å². The predicted octanol–water partition coefficient (Wildman–Crippen LogP) is 8.53. The van der Waals surface area contributed by atoms with E-state index in [4.69, 9.17) is 9.47 Å².